The number of benzene rings is 3. The molecule has 0 saturated carbocycles. The molecule has 0 aromatic heterocycles. The summed E-state index contributed by atoms with van der Waals surface area (Å²) in [4.78, 5) is 15.0. The second-order valence-corrected chi connectivity index (χ2v) is 6.40. The lowest BCUT2D eigenvalue weighted by atomic mass is 10.0. The largest absolute Gasteiger partial charge is 0.504 e. The Morgan fingerprint density at radius 1 is 0.964 bits per heavy atom. The number of anilines is 2. The fourth-order valence-corrected chi connectivity index (χ4v) is 3.36. The van der Waals surface area contributed by atoms with Gasteiger partial charge in [0.05, 0.1) is 19.8 Å². The van der Waals surface area contributed by atoms with Gasteiger partial charge in [0.15, 0.2) is 11.5 Å². The van der Waals surface area contributed by atoms with Crippen LogP contribution >= 0.6 is 0 Å². The molecule has 0 radical (unpaired) electrons. The van der Waals surface area contributed by atoms with Crippen molar-refractivity contribution in [3.8, 4) is 17.2 Å². The van der Waals surface area contributed by atoms with Crippen LogP contribution in [0.2, 0.25) is 0 Å². The lowest BCUT2D eigenvalue weighted by molar-refractivity contribution is 0.0975. The first-order valence-electron chi connectivity index (χ1n) is 8.82. The Labute approximate surface area is 162 Å². The summed E-state index contributed by atoms with van der Waals surface area (Å²) in [5.41, 5.74) is 2.87. The van der Waals surface area contributed by atoms with E-state index in [2.05, 4.69) is 5.32 Å². The summed E-state index contributed by atoms with van der Waals surface area (Å²) in [6.45, 7) is 0. The van der Waals surface area contributed by atoms with E-state index >= 15 is 0 Å². The van der Waals surface area contributed by atoms with Crippen LogP contribution in [0.15, 0.2) is 66.7 Å². The highest BCUT2D eigenvalue weighted by molar-refractivity contribution is 6.12. The molecule has 0 aliphatic carbocycles. The molecule has 3 aromatic carbocycles. The molecule has 6 heteroatoms. The Hall–Kier alpha value is -3.67. The lowest BCUT2D eigenvalue weighted by Crippen LogP contribution is -2.43. The number of para-hydroxylation sites is 1. The molecular formula is C22H20N2O4. The van der Waals surface area contributed by atoms with Gasteiger partial charge in [0, 0.05) is 11.4 Å². The zero-order chi connectivity index (χ0) is 19.7. The molecule has 4 rings (SSSR count). The first kappa shape index (κ1) is 17.7. The molecule has 2 N–H and O–H groups in total. The van der Waals surface area contributed by atoms with E-state index in [1.165, 1.54) is 7.11 Å². The molecule has 1 heterocycles. The molecule has 1 atom stereocenters. The summed E-state index contributed by atoms with van der Waals surface area (Å²) >= 11 is 0. The van der Waals surface area contributed by atoms with E-state index in [0.29, 0.717) is 17.1 Å². The van der Waals surface area contributed by atoms with Gasteiger partial charge in [-0.1, -0.05) is 18.2 Å². The molecule has 3 aromatic rings. The molecule has 1 aliphatic rings. The Kier molecular flexibility index (Phi) is 4.53. The quantitative estimate of drug-likeness (QED) is 0.715. The van der Waals surface area contributed by atoms with Crippen molar-refractivity contribution in [3.63, 3.8) is 0 Å². The number of rotatable bonds is 4. The molecule has 0 bridgehead atoms. The predicted octanol–water partition coefficient (Wildman–Crippen LogP) is 4.18. The summed E-state index contributed by atoms with van der Waals surface area (Å²) < 4.78 is 10.5. The van der Waals surface area contributed by atoms with Gasteiger partial charge in [-0.25, -0.2) is 0 Å². The number of carbonyl (C=O) groups excluding carboxylic acids is 1. The van der Waals surface area contributed by atoms with Crippen molar-refractivity contribution in [1.29, 1.82) is 0 Å². The van der Waals surface area contributed by atoms with E-state index in [1.807, 2.05) is 42.5 Å². The van der Waals surface area contributed by atoms with Crippen molar-refractivity contribution in [1.82, 2.24) is 0 Å². The fourth-order valence-electron chi connectivity index (χ4n) is 3.36. The molecule has 0 fully saturated rings. The minimum absolute atomic E-state index is 0.0461. The van der Waals surface area contributed by atoms with Crippen molar-refractivity contribution < 1.29 is 19.4 Å². The van der Waals surface area contributed by atoms with Gasteiger partial charge in [0.1, 0.15) is 11.9 Å². The number of phenols is 1. The van der Waals surface area contributed by atoms with Crippen LogP contribution in [0, 0.1) is 0 Å². The maximum atomic E-state index is 13.4. The minimum atomic E-state index is -0.467. The lowest BCUT2D eigenvalue weighted by Gasteiger charge is -2.38. The van der Waals surface area contributed by atoms with Crippen LogP contribution in [0.5, 0.6) is 17.2 Å². The third-order valence-electron chi connectivity index (χ3n) is 4.80. The molecule has 0 spiro atoms. The zero-order valence-electron chi connectivity index (χ0n) is 15.5. The van der Waals surface area contributed by atoms with Crippen LogP contribution < -0.4 is 19.7 Å². The number of hydrogen-bond acceptors (Lipinski definition) is 5. The number of ether oxygens (including phenoxy) is 2. The summed E-state index contributed by atoms with van der Waals surface area (Å²) in [7, 11) is 3.10. The summed E-state index contributed by atoms with van der Waals surface area (Å²) in [5.74, 6) is 0.992. The highest BCUT2D eigenvalue weighted by atomic mass is 16.5. The molecule has 0 saturated heterocycles. The molecule has 28 heavy (non-hydrogen) atoms. The van der Waals surface area contributed by atoms with Gasteiger partial charge in [-0.05, 0) is 54.1 Å². The number of fused-ring (bicyclic) bond motifs is 1. The number of aromatic hydroxyl groups is 1. The van der Waals surface area contributed by atoms with Gasteiger partial charge in [0.25, 0.3) is 5.91 Å². The third-order valence-corrected chi connectivity index (χ3v) is 4.80. The summed E-state index contributed by atoms with van der Waals surface area (Å²) in [6, 6.07) is 19.8. The van der Waals surface area contributed by atoms with Crippen LogP contribution in [0.4, 0.5) is 11.4 Å². The van der Waals surface area contributed by atoms with Crippen LogP contribution in [0.1, 0.15) is 22.1 Å². The maximum absolute atomic E-state index is 13.4. The average Bonchev–Trinajstić information content (AvgIpc) is 2.74. The molecule has 6 nitrogen and oxygen atoms in total. The van der Waals surface area contributed by atoms with Crippen molar-refractivity contribution in [3.05, 3.63) is 77.9 Å². The first-order chi connectivity index (χ1) is 13.6. The highest BCUT2D eigenvalue weighted by Gasteiger charge is 2.34. The van der Waals surface area contributed by atoms with Crippen LogP contribution in [0.3, 0.4) is 0 Å². The van der Waals surface area contributed by atoms with E-state index in [-0.39, 0.29) is 11.7 Å². The smallest absolute Gasteiger partial charge is 0.262 e. The second-order valence-electron chi connectivity index (χ2n) is 6.40. The minimum Gasteiger partial charge on any atom is -0.504 e. The third kappa shape index (κ3) is 2.99. The molecule has 1 amide bonds. The Bertz CT molecular complexity index is 1020. The van der Waals surface area contributed by atoms with E-state index in [1.54, 1.807) is 36.3 Å². The molecule has 1 aliphatic heterocycles. The van der Waals surface area contributed by atoms with Crippen LogP contribution in [-0.2, 0) is 0 Å². The second kappa shape index (κ2) is 7.15. The number of amides is 1. The van der Waals surface area contributed by atoms with E-state index in [9.17, 15) is 9.90 Å². The van der Waals surface area contributed by atoms with Gasteiger partial charge in [-0.3, -0.25) is 9.69 Å². The topological polar surface area (TPSA) is 71.0 Å². The van der Waals surface area contributed by atoms with Gasteiger partial charge < -0.3 is 19.9 Å². The molecular weight excluding hydrogens is 356 g/mol. The number of carbonyl (C=O) groups is 1. The fraction of sp³-hybridized carbons (Fsp3) is 0.136. The highest BCUT2D eigenvalue weighted by Crippen LogP contribution is 2.39. The predicted molar refractivity (Wildman–Crippen MR) is 107 cm³/mol. The summed E-state index contributed by atoms with van der Waals surface area (Å²) in [5, 5.41) is 13.4. The van der Waals surface area contributed by atoms with Crippen molar-refractivity contribution in [2.75, 3.05) is 24.4 Å². The van der Waals surface area contributed by atoms with Gasteiger partial charge in [-0.15, -0.1) is 0 Å². The average molecular weight is 376 g/mol. The van der Waals surface area contributed by atoms with Crippen molar-refractivity contribution in [2.45, 2.75) is 6.17 Å². The van der Waals surface area contributed by atoms with E-state index < -0.39 is 6.17 Å². The monoisotopic (exact) mass is 376 g/mol. The Morgan fingerprint density at radius 3 is 2.43 bits per heavy atom. The van der Waals surface area contributed by atoms with Gasteiger partial charge in [0.2, 0.25) is 0 Å². The number of nitrogens with one attached hydrogen (secondary N) is 1. The van der Waals surface area contributed by atoms with E-state index in [4.69, 9.17) is 9.47 Å². The molecule has 0 unspecified atom stereocenters. The SMILES string of the molecule is COc1ccc(N2C(=O)c3ccccc3N[C@H]2c2ccc(O)c(OC)c2)cc1. The number of hydrogen-bond donors (Lipinski definition) is 2. The first-order valence-corrected chi connectivity index (χ1v) is 8.82. The van der Waals surface area contributed by atoms with Gasteiger partial charge >= 0.3 is 0 Å². The van der Waals surface area contributed by atoms with Gasteiger partial charge in [-0.2, -0.15) is 0 Å². The Balaban J connectivity index is 1.84. The normalized spacial score (nSPS) is 15.6. The number of phenolic OH excluding ortho intramolecular Hbond substituents is 1. The number of nitrogens with zero attached hydrogens (tertiary/aromatic N) is 1. The standard InChI is InChI=1S/C22H20N2O4/c1-27-16-10-8-15(9-11-16)24-21(14-7-12-19(25)20(13-14)28-2)23-18-6-4-3-5-17(18)22(24)26/h3-13,21,23,25H,1-2H3/t21-/m1/s1. The van der Waals surface area contributed by atoms with Crippen molar-refractivity contribution >= 4 is 17.3 Å². The number of methoxy groups -OCH3 is 2. The zero-order valence-corrected chi connectivity index (χ0v) is 15.5. The van der Waals surface area contributed by atoms with Crippen LogP contribution in [-0.4, -0.2) is 25.2 Å². The Morgan fingerprint density at radius 2 is 1.71 bits per heavy atom. The van der Waals surface area contributed by atoms with Crippen molar-refractivity contribution in [2.24, 2.45) is 0 Å². The van der Waals surface area contributed by atoms with Crippen LogP contribution in [0.25, 0.3) is 0 Å². The maximum Gasteiger partial charge on any atom is 0.262 e. The summed E-state index contributed by atoms with van der Waals surface area (Å²) in [6.07, 6.45) is -0.467. The molecule has 142 valence electrons. The van der Waals surface area contributed by atoms with E-state index in [0.717, 1.165) is 16.9 Å².